The molecule has 30 heavy (non-hydrogen) atoms. The van der Waals surface area contributed by atoms with Gasteiger partial charge < -0.3 is 20.1 Å². The van der Waals surface area contributed by atoms with Crippen LogP contribution in [0.15, 0.2) is 53.6 Å². The van der Waals surface area contributed by atoms with Gasteiger partial charge in [0, 0.05) is 12.2 Å². The molecule has 2 heterocycles. The van der Waals surface area contributed by atoms with E-state index in [1.54, 1.807) is 0 Å². The summed E-state index contributed by atoms with van der Waals surface area (Å²) in [6.45, 7) is 4.87. The van der Waals surface area contributed by atoms with E-state index >= 15 is 0 Å². The maximum atomic E-state index is 12.2. The molecule has 0 atom stereocenters. The highest BCUT2D eigenvalue weighted by Gasteiger charge is 2.13. The van der Waals surface area contributed by atoms with E-state index < -0.39 is 0 Å². The van der Waals surface area contributed by atoms with Crippen molar-refractivity contribution in [2.24, 2.45) is 0 Å². The lowest BCUT2D eigenvalue weighted by molar-refractivity contribution is -0.113. The van der Waals surface area contributed by atoms with Gasteiger partial charge >= 0.3 is 0 Å². The Kier molecular flexibility index (Phi) is 6.04. The molecular weight excluding hydrogens is 400 g/mol. The molecule has 2 aromatic carbocycles. The van der Waals surface area contributed by atoms with Gasteiger partial charge in [-0.15, -0.1) is 10.2 Å². The minimum atomic E-state index is -0.0706. The lowest BCUT2D eigenvalue weighted by atomic mass is 10.1. The number of aromatic nitrogens is 2. The van der Waals surface area contributed by atoms with Crippen LogP contribution >= 0.6 is 11.8 Å². The summed E-state index contributed by atoms with van der Waals surface area (Å²) in [4.78, 5) is 12.2. The van der Waals surface area contributed by atoms with Gasteiger partial charge in [0.1, 0.15) is 10.8 Å². The summed E-state index contributed by atoms with van der Waals surface area (Å²) in [7, 11) is 0. The third-order valence-electron chi connectivity index (χ3n) is 4.56. The zero-order valence-corrected chi connectivity index (χ0v) is 17.6. The van der Waals surface area contributed by atoms with Gasteiger partial charge in [-0.2, -0.15) is 0 Å². The molecule has 0 saturated carbocycles. The van der Waals surface area contributed by atoms with Gasteiger partial charge in [0.05, 0.1) is 5.75 Å². The number of hydrogen-bond donors (Lipinski definition) is 2. The predicted molar refractivity (Wildman–Crippen MR) is 117 cm³/mol. The van der Waals surface area contributed by atoms with Crippen molar-refractivity contribution >= 4 is 29.2 Å². The fourth-order valence-electron chi connectivity index (χ4n) is 3.01. The Morgan fingerprint density at radius 3 is 2.70 bits per heavy atom. The average Bonchev–Trinajstić information content (AvgIpc) is 3.21. The zero-order chi connectivity index (χ0) is 20.9. The first-order valence-electron chi connectivity index (χ1n) is 9.53. The molecule has 0 bridgehead atoms. The third kappa shape index (κ3) is 5.01. The van der Waals surface area contributed by atoms with Gasteiger partial charge in [-0.3, -0.25) is 4.79 Å². The lowest BCUT2D eigenvalue weighted by Crippen LogP contribution is -2.15. The van der Waals surface area contributed by atoms with Gasteiger partial charge in [-0.05, 0) is 55.3 Å². The number of carbonyl (C=O) groups is 1. The van der Waals surface area contributed by atoms with Crippen LogP contribution in [0.5, 0.6) is 11.5 Å². The number of aryl methyl sites for hydroxylation is 2. The number of fused-ring (bicyclic) bond motifs is 1. The van der Waals surface area contributed by atoms with Crippen LogP contribution in [0.4, 0.5) is 11.5 Å². The van der Waals surface area contributed by atoms with E-state index in [1.165, 1.54) is 17.3 Å². The average molecular weight is 423 g/mol. The van der Waals surface area contributed by atoms with Crippen LogP contribution in [-0.2, 0) is 11.3 Å². The first-order valence-corrected chi connectivity index (χ1v) is 10.5. The Morgan fingerprint density at radius 1 is 1.03 bits per heavy atom. The largest absolute Gasteiger partial charge is 0.454 e. The molecule has 1 aliphatic rings. The normalized spacial score (nSPS) is 11.9. The number of amides is 1. The number of anilines is 2. The van der Waals surface area contributed by atoms with Crippen molar-refractivity contribution in [1.82, 2.24) is 10.2 Å². The fourth-order valence-corrected chi connectivity index (χ4v) is 3.63. The van der Waals surface area contributed by atoms with E-state index in [1.807, 2.05) is 62.4 Å². The maximum Gasteiger partial charge on any atom is 0.234 e. The third-order valence-corrected chi connectivity index (χ3v) is 5.48. The Labute approximate surface area is 179 Å². The van der Waals surface area contributed by atoms with Crippen molar-refractivity contribution in [2.75, 3.05) is 23.2 Å². The molecule has 3 aromatic rings. The minimum absolute atomic E-state index is 0.0706. The highest BCUT2D eigenvalue weighted by molar-refractivity contribution is 7.99. The summed E-state index contributed by atoms with van der Waals surface area (Å²) in [6, 6.07) is 15.5. The van der Waals surface area contributed by atoms with Crippen molar-refractivity contribution in [1.29, 1.82) is 0 Å². The summed E-state index contributed by atoms with van der Waals surface area (Å²) in [6.07, 6.45) is 0. The van der Waals surface area contributed by atoms with Gasteiger partial charge in [-0.25, -0.2) is 0 Å². The maximum absolute atomic E-state index is 12.2. The van der Waals surface area contributed by atoms with Crippen molar-refractivity contribution in [3.63, 3.8) is 0 Å². The predicted octanol–water partition coefficient (Wildman–Crippen LogP) is 4.17. The number of carbonyl (C=O) groups excluding carboxylic acids is 1. The molecule has 2 N–H and O–H groups in total. The number of ether oxygens (including phenoxy) is 2. The smallest absolute Gasteiger partial charge is 0.234 e. The van der Waals surface area contributed by atoms with Crippen molar-refractivity contribution in [3.05, 3.63) is 65.2 Å². The monoisotopic (exact) mass is 422 g/mol. The standard InChI is InChI=1S/C22H22N4O3S/c1-14-3-5-17(15(2)9-14)24-21(27)12-30-22-8-7-20(25-26-22)23-11-16-4-6-18-19(10-16)29-13-28-18/h3-10H,11-13H2,1-2H3,(H,23,25)(H,24,27). The summed E-state index contributed by atoms with van der Waals surface area (Å²) in [5, 5.41) is 15.2. The molecular formula is C22H22N4O3S. The Morgan fingerprint density at radius 2 is 1.90 bits per heavy atom. The summed E-state index contributed by atoms with van der Waals surface area (Å²) in [5.74, 6) is 2.38. The van der Waals surface area contributed by atoms with E-state index in [0.29, 0.717) is 17.4 Å². The number of hydrogen-bond acceptors (Lipinski definition) is 7. The van der Waals surface area contributed by atoms with Gasteiger partial charge in [-0.1, -0.05) is 35.5 Å². The Hall–Kier alpha value is -3.26. The Balaban J connectivity index is 1.25. The van der Waals surface area contributed by atoms with Crippen molar-refractivity contribution < 1.29 is 14.3 Å². The number of nitrogens with one attached hydrogen (secondary N) is 2. The van der Waals surface area contributed by atoms with E-state index in [0.717, 1.165) is 28.3 Å². The molecule has 1 amide bonds. The van der Waals surface area contributed by atoms with Crippen LogP contribution in [0.2, 0.25) is 0 Å². The van der Waals surface area contributed by atoms with Crippen LogP contribution in [0.3, 0.4) is 0 Å². The first-order chi connectivity index (χ1) is 14.6. The molecule has 1 aliphatic heterocycles. The molecule has 0 unspecified atom stereocenters. The van der Waals surface area contributed by atoms with Gasteiger partial charge in [0.25, 0.3) is 0 Å². The molecule has 1 aromatic heterocycles. The second kappa shape index (κ2) is 9.04. The number of rotatable bonds is 7. The van der Waals surface area contributed by atoms with Crippen LogP contribution in [0.1, 0.15) is 16.7 Å². The zero-order valence-electron chi connectivity index (χ0n) is 16.8. The molecule has 0 radical (unpaired) electrons. The molecule has 0 aliphatic carbocycles. The summed E-state index contributed by atoms with van der Waals surface area (Å²) >= 11 is 1.35. The summed E-state index contributed by atoms with van der Waals surface area (Å²) < 4.78 is 10.7. The first kappa shape index (κ1) is 20.0. The quantitative estimate of drug-likeness (QED) is 0.553. The fraction of sp³-hybridized carbons (Fsp3) is 0.227. The molecule has 0 spiro atoms. The van der Waals surface area contributed by atoms with Crippen LogP contribution in [0, 0.1) is 13.8 Å². The number of nitrogens with zero attached hydrogens (tertiary/aromatic N) is 2. The number of thioether (sulfide) groups is 1. The van der Waals surface area contributed by atoms with E-state index in [4.69, 9.17) is 9.47 Å². The van der Waals surface area contributed by atoms with Crippen LogP contribution < -0.4 is 20.1 Å². The van der Waals surface area contributed by atoms with E-state index in [9.17, 15) is 4.79 Å². The SMILES string of the molecule is Cc1ccc(NC(=O)CSc2ccc(NCc3ccc4c(c3)OCO4)nn2)c(C)c1. The molecule has 8 heteroatoms. The van der Waals surface area contributed by atoms with Crippen molar-refractivity contribution in [2.45, 2.75) is 25.4 Å². The highest BCUT2D eigenvalue weighted by atomic mass is 32.2. The minimum Gasteiger partial charge on any atom is -0.454 e. The lowest BCUT2D eigenvalue weighted by Gasteiger charge is -2.09. The second-order valence-electron chi connectivity index (χ2n) is 6.95. The van der Waals surface area contributed by atoms with E-state index in [2.05, 4.69) is 20.8 Å². The molecule has 0 fully saturated rings. The molecule has 154 valence electrons. The van der Waals surface area contributed by atoms with Crippen LogP contribution in [0.25, 0.3) is 0 Å². The van der Waals surface area contributed by atoms with Gasteiger partial charge in [0.2, 0.25) is 12.7 Å². The summed E-state index contributed by atoms with van der Waals surface area (Å²) in [5.41, 5.74) is 4.11. The topological polar surface area (TPSA) is 85.4 Å². The Bertz CT molecular complexity index is 1060. The number of benzene rings is 2. The molecule has 4 rings (SSSR count). The van der Waals surface area contributed by atoms with E-state index in [-0.39, 0.29) is 18.5 Å². The van der Waals surface area contributed by atoms with Crippen molar-refractivity contribution in [3.8, 4) is 11.5 Å². The molecule has 7 nitrogen and oxygen atoms in total. The second-order valence-corrected chi connectivity index (χ2v) is 7.95. The van der Waals surface area contributed by atoms with Crippen LogP contribution in [-0.4, -0.2) is 28.7 Å². The van der Waals surface area contributed by atoms with Gasteiger partial charge in [0.15, 0.2) is 11.5 Å². The molecule has 0 saturated heterocycles. The highest BCUT2D eigenvalue weighted by Crippen LogP contribution is 2.32.